The van der Waals surface area contributed by atoms with Gasteiger partial charge in [-0.3, -0.25) is 0 Å². The molecule has 1 aromatic carbocycles. The monoisotopic (exact) mass is 308 g/mol. The number of rotatable bonds is 1. The number of amides is 2. The van der Waals surface area contributed by atoms with E-state index in [9.17, 15) is 4.79 Å². The fourth-order valence-electron chi connectivity index (χ4n) is 1.13. The number of urea groups is 1. The molecule has 0 aliphatic rings. The third-order valence-electron chi connectivity index (χ3n) is 1.90. The molecule has 94 valence electrons. The van der Waals surface area contributed by atoms with E-state index >= 15 is 0 Å². The van der Waals surface area contributed by atoms with Crippen LogP contribution < -0.4 is 9.66 Å². The van der Waals surface area contributed by atoms with E-state index in [2.05, 4.69) is 26.1 Å². The van der Waals surface area contributed by atoms with Crippen LogP contribution in [0.25, 0.3) is 0 Å². The summed E-state index contributed by atoms with van der Waals surface area (Å²) < 4.78 is 1.22. The zero-order valence-electron chi connectivity index (χ0n) is 9.82. The van der Waals surface area contributed by atoms with Gasteiger partial charge in [-0.15, -0.1) is 0 Å². The highest BCUT2D eigenvalue weighted by molar-refractivity contribution is 9.10. The number of halogens is 1. The van der Waals surface area contributed by atoms with E-state index in [1.54, 1.807) is 24.5 Å². The number of carbonyl (C=O) groups is 1. The maximum Gasteiger partial charge on any atom is 0.329 e. The fraction of sp³-hybridized carbons (Fsp3) is 0.0833. The Balaban J connectivity index is 0.000000225. The molecule has 0 atom stereocenters. The zero-order valence-corrected chi connectivity index (χ0v) is 11.4. The molecule has 1 aromatic heterocycles. The molecule has 0 aliphatic heterocycles. The van der Waals surface area contributed by atoms with Crippen molar-refractivity contribution in [2.24, 2.45) is 5.73 Å². The van der Waals surface area contributed by atoms with Crippen LogP contribution in [-0.2, 0) is 0 Å². The number of primary amides is 1. The molecule has 2 rings (SSSR count). The Morgan fingerprint density at radius 3 is 2.33 bits per heavy atom. The molecular weight excluding hydrogens is 296 g/mol. The Hall–Kier alpha value is -1.95. The highest BCUT2D eigenvalue weighted by atomic mass is 79.9. The Morgan fingerprint density at radius 2 is 1.94 bits per heavy atom. The van der Waals surface area contributed by atoms with Gasteiger partial charge >= 0.3 is 6.03 Å². The minimum Gasteiger partial charge on any atom is -0.350 e. The van der Waals surface area contributed by atoms with Gasteiger partial charge in [0.2, 0.25) is 0 Å². The molecule has 1 heterocycles. The van der Waals surface area contributed by atoms with Crippen LogP contribution in [0.2, 0.25) is 0 Å². The predicted octanol–water partition coefficient (Wildman–Crippen LogP) is 2.67. The molecule has 0 radical (unpaired) electrons. The second-order valence-electron chi connectivity index (χ2n) is 3.36. The first-order chi connectivity index (χ1) is 8.61. The molecule has 2 N–H and O–H groups in total. The van der Waals surface area contributed by atoms with Crippen LogP contribution in [0, 0.1) is 6.92 Å². The van der Waals surface area contributed by atoms with Crippen molar-refractivity contribution >= 4 is 27.9 Å². The topological polar surface area (TPSA) is 72.1 Å². The predicted molar refractivity (Wildman–Crippen MR) is 74.2 cm³/mol. The van der Waals surface area contributed by atoms with Gasteiger partial charge in [0.15, 0.2) is 0 Å². The normalized spacial score (nSPS) is 9.00. The maximum absolute atomic E-state index is 10.7. The molecule has 0 spiro atoms. The van der Waals surface area contributed by atoms with E-state index in [0.29, 0.717) is 0 Å². The molecule has 0 unspecified atom stereocenters. The SMILES string of the molecule is Cc1cccc(N(Br)C(N)=O)c1.c1cncnc1. The first kappa shape index (κ1) is 14.1. The van der Waals surface area contributed by atoms with Crippen molar-refractivity contribution < 1.29 is 4.79 Å². The van der Waals surface area contributed by atoms with Gasteiger partial charge in [-0.2, -0.15) is 0 Å². The van der Waals surface area contributed by atoms with E-state index in [4.69, 9.17) is 5.73 Å². The maximum atomic E-state index is 10.7. The van der Waals surface area contributed by atoms with Gasteiger partial charge in [0.1, 0.15) is 6.33 Å². The van der Waals surface area contributed by atoms with Crippen molar-refractivity contribution in [2.75, 3.05) is 3.93 Å². The van der Waals surface area contributed by atoms with Gasteiger partial charge in [-0.05, 0) is 30.7 Å². The van der Waals surface area contributed by atoms with Crippen molar-refractivity contribution in [3.63, 3.8) is 0 Å². The Kier molecular flexibility index (Phi) is 5.79. The van der Waals surface area contributed by atoms with Crippen molar-refractivity contribution in [3.8, 4) is 0 Å². The van der Waals surface area contributed by atoms with Crippen LogP contribution >= 0.6 is 16.1 Å². The standard InChI is InChI=1S/C8H9BrN2O.C4H4N2/c1-6-3-2-4-7(5-6)11(9)8(10)12;1-2-5-4-6-3-1/h2-5H,1H3,(H2,10,12);1-4H. The van der Waals surface area contributed by atoms with E-state index in [0.717, 1.165) is 11.3 Å². The summed E-state index contributed by atoms with van der Waals surface area (Å²) in [5.41, 5.74) is 6.88. The summed E-state index contributed by atoms with van der Waals surface area (Å²) in [6, 6.07) is 8.72. The number of aromatic nitrogens is 2. The van der Waals surface area contributed by atoms with E-state index in [1.165, 1.54) is 10.3 Å². The lowest BCUT2D eigenvalue weighted by atomic mass is 10.2. The molecule has 2 aromatic rings. The first-order valence-electron chi connectivity index (χ1n) is 5.13. The molecule has 6 heteroatoms. The Labute approximate surface area is 114 Å². The molecule has 0 aliphatic carbocycles. The van der Waals surface area contributed by atoms with Gasteiger partial charge in [-0.25, -0.2) is 18.7 Å². The molecule has 0 bridgehead atoms. The number of benzene rings is 1. The van der Waals surface area contributed by atoms with Gasteiger partial charge in [0.25, 0.3) is 0 Å². The second kappa shape index (κ2) is 7.39. The highest BCUT2D eigenvalue weighted by Crippen LogP contribution is 2.18. The van der Waals surface area contributed by atoms with E-state index in [1.807, 2.05) is 25.1 Å². The third kappa shape index (κ3) is 4.92. The number of aryl methyl sites for hydroxylation is 1. The highest BCUT2D eigenvalue weighted by Gasteiger charge is 2.07. The molecule has 18 heavy (non-hydrogen) atoms. The summed E-state index contributed by atoms with van der Waals surface area (Å²) in [4.78, 5) is 18.1. The largest absolute Gasteiger partial charge is 0.350 e. The second-order valence-corrected chi connectivity index (χ2v) is 4.07. The quantitative estimate of drug-likeness (QED) is 0.823. The summed E-state index contributed by atoms with van der Waals surface area (Å²) >= 11 is 3.04. The lowest BCUT2D eigenvalue weighted by Gasteiger charge is -2.11. The number of hydrogen-bond acceptors (Lipinski definition) is 3. The lowest BCUT2D eigenvalue weighted by molar-refractivity contribution is 0.257. The van der Waals surface area contributed by atoms with Crippen molar-refractivity contribution in [1.82, 2.24) is 9.97 Å². The van der Waals surface area contributed by atoms with Gasteiger partial charge < -0.3 is 5.73 Å². The zero-order chi connectivity index (χ0) is 13.4. The van der Waals surface area contributed by atoms with Crippen LogP contribution in [0.1, 0.15) is 5.56 Å². The van der Waals surface area contributed by atoms with E-state index < -0.39 is 6.03 Å². The number of nitrogens with two attached hydrogens (primary N) is 1. The smallest absolute Gasteiger partial charge is 0.329 e. The van der Waals surface area contributed by atoms with Gasteiger partial charge in [0.05, 0.1) is 21.8 Å². The van der Waals surface area contributed by atoms with Crippen LogP contribution in [0.3, 0.4) is 0 Å². The minimum absolute atomic E-state index is 0.527. The van der Waals surface area contributed by atoms with Gasteiger partial charge in [0, 0.05) is 12.4 Å². The number of hydrogen-bond donors (Lipinski definition) is 1. The molecule has 0 fully saturated rings. The summed E-state index contributed by atoms with van der Waals surface area (Å²) in [6.45, 7) is 1.95. The van der Waals surface area contributed by atoms with Gasteiger partial charge in [-0.1, -0.05) is 12.1 Å². The van der Waals surface area contributed by atoms with Crippen molar-refractivity contribution in [3.05, 3.63) is 54.6 Å². The van der Waals surface area contributed by atoms with E-state index in [-0.39, 0.29) is 0 Å². The number of nitrogens with zero attached hydrogens (tertiary/aromatic N) is 3. The third-order valence-corrected chi connectivity index (χ3v) is 2.66. The summed E-state index contributed by atoms with van der Waals surface area (Å²) in [5, 5.41) is 0. The van der Waals surface area contributed by atoms with Crippen molar-refractivity contribution in [1.29, 1.82) is 0 Å². The first-order valence-corrected chi connectivity index (χ1v) is 5.84. The van der Waals surface area contributed by atoms with Crippen LogP contribution in [0.5, 0.6) is 0 Å². The van der Waals surface area contributed by atoms with Crippen LogP contribution in [0.4, 0.5) is 10.5 Å². The molecule has 2 amide bonds. The average Bonchev–Trinajstić information content (AvgIpc) is 2.40. The Morgan fingerprint density at radius 1 is 1.28 bits per heavy atom. The molecule has 0 saturated carbocycles. The average molecular weight is 309 g/mol. The fourth-order valence-corrected chi connectivity index (χ4v) is 1.35. The molecule has 5 nitrogen and oxygen atoms in total. The Bertz CT molecular complexity index is 466. The lowest BCUT2D eigenvalue weighted by Crippen LogP contribution is -2.26. The molecule has 0 saturated heterocycles. The number of carbonyl (C=O) groups excluding carboxylic acids is 1. The van der Waals surface area contributed by atoms with Crippen LogP contribution in [0.15, 0.2) is 49.1 Å². The van der Waals surface area contributed by atoms with Crippen molar-refractivity contribution in [2.45, 2.75) is 6.92 Å². The summed E-state index contributed by atoms with van der Waals surface area (Å²) in [6.07, 6.45) is 4.88. The number of anilines is 1. The summed E-state index contributed by atoms with van der Waals surface area (Å²) in [7, 11) is 0. The minimum atomic E-state index is -0.527. The van der Waals surface area contributed by atoms with Crippen LogP contribution in [-0.4, -0.2) is 16.0 Å². The molecular formula is C12H13BrN4O. The summed E-state index contributed by atoms with van der Waals surface area (Å²) in [5.74, 6) is 0.